The number of piperazine rings is 1. The van der Waals surface area contributed by atoms with Crippen LogP contribution in [-0.2, 0) is 0 Å². The first-order chi connectivity index (χ1) is 10.2. The molecule has 1 fully saturated rings. The molecule has 1 aliphatic rings. The Labute approximate surface area is 125 Å². The minimum Gasteiger partial charge on any atom is -0.494 e. The van der Waals surface area contributed by atoms with Crippen molar-refractivity contribution >= 4 is 11.7 Å². The molecular formula is C15H23N3O3. The number of hydrogen-bond acceptors (Lipinski definition) is 4. The summed E-state index contributed by atoms with van der Waals surface area (Å²) in [5.74, 6) is 1.18. The number of amides is 2. The quantitative estimate of drug-likeness (QED) is 0.921. The maximum atomic E-state index is 12.4. The van der Waals surface area contributed by atoms with Crippen molar-refractivity contribution < 1.29 is 14.3 Å². The molecule has 1 heterocycles. The van der Waals surface area contributed by atoms with Crippen molar-refractivity contribution in [3.63, 3.8) is 0 Å². The Balaban J connectivity index is 2.06. The Morgan fingerprint density at radius 1 is 1.14 bits per heavy atom. The Bertz CT molecular complexity index is 463. The average Bonchev–Trinajstić information content (AvgIpc) is 2.55. The number of anilines is 1. The number of nitrogens with zero attached hydrogens (tertiary/aromatic N) is 2. The lowest BCUT2D eigenvalue weighted by Gasteiger charge is -2.34. The summed E-state index contributed by atoms with van der Waals surface area (Å²) in [5.41, 5.74) is 0.574. The van der Waals surface area contributed by atoms with Crippen LogP contribution in [0.5, 0.6) is 11.5 Å². The van der Waals surface area contributed by atoms with Gasteiger partial charge in [-0.1, -0.05) is 13.0 Å². The summed E-state index contributed by atoms with van der Waals surface area (Å²) in [4.78, 5) is 16.5. The van der Waals surface area contributed by atoms with Crippen LogP contribution < -0.4 is 14.8 Å². The molecule has 6 nitrogen and oxygen atoms in total. The van der Waals surface area contributed by atoms with Gasteiger partial charge in [-0.15, -0.1) is 0 Å². The summed E-state index contributed by atoms with van der Waals surface area (Å²) >= 11 is 0. The number of urea groups is 1. The van der Waals surface area contributed by atoms with E-state index in [0.717, 1.165) is 32.7 Å². The lowest BCUT2D eigenvalue weighted by Crippen LogP contribution is -2.49. The molecule has 0 saturated carbocycles. The minimum absolute atomic E-state index is 0.117. The number of nitrogens with one attached hydrogen (secondary N) is 1. The predicted molar refractivity (Wildman–Crippen MR) is 82.3 cm³/mol. The minimum atomic E-state index is -0.117. The molecule has 2 amide bonds. The van der Waals surface area contributed by atoms with Crippen LogP contribution in [-0.4, -0.2) is 62.8 Å². The van der Waals surface area contributed by atoms with E-state index in [-0.39, 0.29) is 6.03 Å². The fraction of sp³-hybridized carbons (Fsp3) is 0.533. The van der Waals surface area contributed by atoms with Crippen molar-refractivity contribution in [3.8, 4) is 11.5 Å². The second-order valence-electron chi connectivity index (χ2n) is 4.89. The van der Waals surface area contributed by atoms with Gasteiger partial charge in [-0.05, 0) is 18.7 Å². The van der Waals surface area contributed by atoms with E-state index >= 15 is 0 Å². The number of rotatable bonds is 4. The molecule has 1 saturated heterocycles. The van der Waals surface area contributed by atoms with Gasteiger partial charge in [-0.2, -0.15) is 0 Å². The Morgan fingerprint density at radius 3 is 2.19 bits per heavy atom. The summed E-state index contributed by atoms with van der Waals surface area (Å²) in [6.07, 6.45) is 0. The molecule has 0 unspecified atom stereocenters. The third-order valence-corrected chi connectivity index (χ3v) is 3.77. The van der Waals surface area contributed by atoms with Crippen molar-refractivity contribution in [1.82, 2.24) is 9.80 Å². The molecule has 1 aromatic rings. The number of methoxy groups -OCH3 is 2. The van der Waals surface area contributed by atoms with Crippen molar-refractivity contribution in [2.24, 2.45) is 0 Å². The summed E-state index contributed by atoms with van der Waals surface area (Å²) in [6.45, 7) is 6.44. The van der Waals surface area contributed by atoms with E-state index < -0.39 is 0 Å². The second kappa shape index (κ2) is 7.17. The smallest absolute Gasteiger partial charge is 0.322 e. The monoisotopic (exact) mass is 293 g/mol. The summed E-state index contributed by atoms with van der Waals surface area (Å²) < 4.78 is 10.6. The fourth-order valence-corrected chi connectivity index (χ4v) is 2.43. The molecule has 21 heavy (non-hydrogen) atoms. The maximum absolute atomic E-state index is 12.4. The molecule has 2 rings (SSSR count). The van der Waals surface area contributed by atoms with E-state index in [1.54, 1.807) is 26.4 Å². The van der Waals surface area contributed by atoms with Gasteiger partial charge in [0.2, 0.25) is 0 Å². The highest BCUT2D eigenvalue weighted by atomic mass is 16.5. The van der Waals surface area contributed by atoms with Crippen LogP contribution in [0.3, 0.4) is 0 Å². The standard InChI is InChI=1S/C15H23N3O3/c1-4-17-8-10-18(11-9-17)15(19)16-14-12(20-2)6-5-7-13(14)21-3/h5-7H,4,8-11H2,1-3H3,(H,16,19). The second-order valence-corrected chi connectivity index (χ2v) is 4.89. The van der Waals surface area contributed by atoms with Gasteiger partial charge in [-0.3, -0.25) is 0 Å². The predicted octanol–water partition coefficient (Wildman–Crippen LogP) is 1.87. The van der Waals surface area contributed by atoms with Crippen molar-refractivity contribution in [2.75, 3.05) is 52.3 Å². The molecule has 1 aromatic carbocycles. The van der Waals surface area contributed by atoms with E-state index in [1.807, 2.05) is 11.0 Å². The molecule has 116 valence electrons. The lowest BCUT2D eigenvalue weighted by atomic mass is 10.2. The molecule has 0 spiro atoms. The van der Waals surface area contributed by atoms with Gasteiger partial charge in [0.05, 0.1) is 14.2 Å². The van der Waals surface area contributed by atoms with Crippen molar-refractivity contribution in [2.45, 2.75) is 6.92 Å². The van der Waals surface area contributed by atoms with Gasteiger partial charge in [0.1, 0.15) is 17.2 Å². The van der Waals surface area contributed by atoms with Crippen LogP contribution in [0.25, 0.3) is 0 Å². The van der Waals surface area contributed by atoms with Crippen molar-refractivity contribution in [3.05, 3.63) is 18.2 Å². The summed E-state index contributed by atoms with van der Waals surface area (Å²) in [5, 5.41) is 2.90. The SMILES string of the molecule is CCN1CCN(C(=O)Nc2c(OC)cccc2OC)CC1. The number of hydrogen-bond donors (Lipinski definition) is 1. The van der Waals surface area contributed by atoms with Crippen LogP contribution in [0.4, 0.5) is 10.5 Å². The van der Waals surface area contributed by atoms with Crippen LogP contribution in [0, 0.1) is 0 Å². The first kappa shape index (κ1) is 15.4. The van der Waals surface area contributed by atoms with Crippen LogP contribution in [0.15, 0.2) is 18.2 Å². The number of ether oxygens (including phenoxy) is 2. The zero-order valence-electron chi connectivity index (χ0n) is 12.9. The Morgan fingerprint density at radius 2 is 1.71 bits per heavy atom. The number of para-hydroxylation sites is 1. The van der Waals surface area contributed by atoms with Gasteiger partial charge in [0, 0.05) is 26.2 Å². The van der Waals surface area contributed by atoms with Gasteiger partial charge >= 0.3 is 6.03 Å². The number of likely N-dealkylation sites (N-methyl/N-ethyl adjacent to an activating group) is 1. The van der Waals surface area contributed by atoms with Gasteiger partial charge in [0.15, 0.2) is 0 Å². The summed E-state index contributed by atoms with van der Waals surface area (Å²) in [6, 6.07) is 5.31. The Kier molecular flexibility index (Phi) is 5.27. The molecule has 6 heteroatoms. The largest absolute Gasteiger partial charge is 0.494 e. The first-order valence-electron chi connectivity index (χ1n) is 7.18. The topological polar surface area (TPSA) is 54.0 Å². The third kappa shape index (κ3) is 3.58. The van der Waals surface area contributed by atoms with E-state index in [0.29, 0.717) is 17.2 Å². The summed E-state index contributed by atoms with van der Waals surface area (Å²) in [7, 11) is 3.15. The van der Waals surface area contributed by atoms with Gasteiger partial charge in [0.25, 0.3) is 0 Å². The van der Waals surface area contributed by atoms with Gasteiger partial charge in [-0.25, -0.2) is 4.79 Å². The fourth-order valence-electron chi connectivity index (χ4n) is 2.43. The maximum Gasteiger partial charge on any atom is 0.322 e. The first-order valence-corrected chi connectivity index (χ1v) is 7.18. The zero-order chi connectivity index (χ0) is 15.2. The molecule has 0 atom stereocenters. The molecule has 1 N–H and O–H groups in total. The van der Waals surface area contributed by atoms with Crippen LogP contribution in [0.2, 0.25) is 0 Å². The number of benzene rings is 1. The van der Waals surface area contributed by atoms with E-state index in [9.17, 15) is 4.79 Å². The normalized spacial score (nSPS) is 15.7. The lowest BCUT2D eigenvalue weighted by molar-refractivity contribution is 0.151. The highest BCUT2D eigenvalue weighted by molar-refractivity contribution is 5.93. The molecule has 1 aliphatic heterocycles. The third-order valence-electron chi connectivity index (χ3n) is 3.77. The van der Waals surface area contributed by atoms with Crippen LogP contribution >= 0.6 is 0 Å². The molecular weight excluding hydrogens is 270 g/mol. The molecule has 0 aliphatic carbocycles. The van der Waals surface area contributed by atoms with Gasteiger partial charge < -0.3 is 24.6 Å². The van der Waals surface area contributed by atoms with E-state index in [4.69, 9.17) is 9.47 Å². The highest BCUT2D eigenvalue weighted by Gasteiger charge is 2.22. The van der Waals surface area contributed by atoms with E-state index in [1.165, 1.54) is 0 Å². The molecule has 0 radical (unpaired) electrons. The van der Waals surface area contributed by atoms with Crippen molar-refractivity contribution in [1.29, 1.82) is 0 Å². The molecule has 0 bridgehead atoms. The Hall–Kier alpha value is -1.95. The van der Waals surface area contributed by atoms with E-state index in [2.05, 4.69) is 17.1 Å². The average molecular weight is 293 g/mol. The highest BCUT2D eigenvalue weighted by Crippen LogP contribution is 2.34. The number of carbonyl (C=O) groups excluding carboxylic acids is 1. The number of carbonyl (C=O) groups is 1. The van der Waals surface area contributed by atoms with Crippen LogP contribution in [0.1, 0.15) is 6.92 Å². The molecule has 0 aromatic heterocycles. The zero-order valence-corrected chi connectivity index (χ0v) is 12.9.